The molecule has 1 saturated heterocycles. The molecule has 10 nitrogen and oxygen atoms in total. The largest absolute Gasteiger partial charge is 0.326 e. The number of hydrogen-bond donors (Lipinski definition) is 2. The van der Waals surface area contributed by atoms with Crippen molar-refractivity contribution >= 4 is 60.8 Å². The molecule has 1 fully saturated rings. The third-order valence-corrected chi connectivity index (χ3v) is 9.97. The average molecular weight is 613 g/mol. The second-order valence-corrected chi connectivity index (χ2v) is 13.8. The lowest BCUT2D eigenvalue weighted by Crippen LogP contribution is -2.41. The number of aromatic nitrogens is 2. The molecule has 1 aliphatic heterocycles. The van der Waals surface area contributed by atoms with Crippen molar-refractivity contribution in [3.05, 3.63) is 75.5 Å². The lowest BCUT2D eigenvalue weighted by atomic mass is 9.97. The van der Waals surface area contributed by atoms with Gasteiger partial charge >= 0.3 is 0 Å². The maximum atomic E-state index is 12.9. The molecule has 0 spiro atoms. The lowest BCUT2D eigenvalue weighted by Gasteiger charge is -2.30. The topological polar surface area (TPSA) is 138 Å². The second-order valence-electron chi connectivity index (χ2n) is 9.26. The Labute approximate surface area is 237 Å². The van der Waals surface area contributed by atoms with Crippen LogP contribution < -0.4 is 10.0 Å². The number of sulfonamides is 2. The van der Waals surface area contributed by atoms with Crippen LogP contribution >= 0.6 is 23.2 Å². The molecule has 4 rings (SSSR count). The van der Waals surface area contributed by atoms with Gasteiger partial charge in [0, 0.05) is 46.1 Å². The Morgan fingerprint density at radius 2 is 1.56 bits per heavy atom. The molecule has 39 heavy (non-hydrogen) atoms. The maximum Gasteiger partial charge on any atom is 0.264 e. The third kappa shape index (κ3) is 7.46. The van der Waals surface area contributed by atoms with Crippen molar-refractivity contribution in [2.75, 3.05) is 23.1 Å². The molecule has 0 atom stereocenters. The van der Waals surface area contributed by atoms with Crippen LogP contribution in [0.4, 0.5) is 11.6 Å². The molecule has 2 aromatic carbocycles. The number of piperidine rings is 1. The van der Waals surface area contributed by atoms with Crippen molar-refractivity contribution in [2.45, 2.75) is 37.3 Å². The van der Waals surface area contributed by atoms with E-state index in [-0.39, 0.29) is 46.5 Å². The Morgan fingerprint density at radius 3 is 2.15 bits per heavy atom. The molecule has 14 heteroatoms. The number of carbonyl (C=O) groups excluding carboxylic acids is 1. The Balaban J connectivity index is 1.33. The highest BCUT2D eigenvalue weighted by Crippen LogP contribution is 2.27. The number of nitrogens with one attached hydrogen (secondary N) is 2. The van der Waals surface area contributed by atoms with Crippen molar-refractivity contribution in [3.8, 4) is 0 Å². The molecule has 2 N–H and O–H groups in total. The quantitative estimate of drug-likeness (QED) is 0.385. The van der Waals surface area contributed by atoms with Crippen LogP contribution in [-0.2, 0) is 30.6 Å². The number of amides is 1. The van der Waals surface area contributed by atoms with E-state index in [1.54, 1.807) is 32.0 Å². The highest BCUT2D eigenvalue weighted by atomic mass is 35.5. The summed E-state index contributed by atoms with van der Waals surface area (Å²) in [4.78, 5) is 21.0. The van der Waals surface area contributed by atoms with Crippen molar-refractivity contribution in [1.29, 1.82) is 0 Å². The predicted octanol–water partition coefficient (Wildman–Crippen LogP) is 4.38. The first-order chi connectivity index (χ1) is 18.3. The van der Waals surface area contributed by atoms with E-state index < -0.39 is 20.0 Å². The zero-order valence-corrected chi connectivity index (χ0v) is 24.3. The summed E-state index contributed by atoms with van der Waals surface area (Å²) in [6.07, 6.45) is 0.706. The Bertz CT molecular complexity index is 1570. The van der Waals surface area contributed by atoms with Crippen LogP contribution in [-0.4, -0.2) is 50.1 Å². The first kappa shape index (κ1) is 29.2. The van der Waals surface area contributed by atoms with Crippen LogP contribution in [0.5, 0.6) is 0 Å². The highest BCUT2D eigenvalue weighted by Gasteiger charge is 2.31. The van der Waals surface area contributed by atoms with E-state index >= 15 is 0 Å². The number of halogens is 2. The first-order valence-electron chi connectivity index (χ1n) is 12.0. The van der Waals surface area contributed by atoms with Gasteiger partial charge in [0.1, 0.15) is 0 Å². The molecule has 208 valence electrons. The Morgan fingerprint density at radius 1 is 0.949 bits per heavy atom. The molecule has 0 aliphatic carbocycles. The van der Waals surface area contributed by atoms with E-state index in [1.165, 1.54) is 34.6 Å². The van der Waals surface area contributed by atoms with E-state index in [0.29, 0.717) is 40.5 Å². The molecule has 1 aliphatic rings. The molecular formula is C25H27Cl2N5O5S2. The normalized spacial score (nSPS) is 15.2. The van der Waals surface area contributed by atoms with Gasteiger partial charge in [-0.05, 0) is 74.7 Å². The molecule has 0 radical (unpaired) electrons. The standard InChI is InChI=1S/C25H27Cl2N5O5S2/c1-16-13-17(2)29-25(28-16)31-39(36,37)22-7-5-21(6-8-22)30-24(33)18-9-11-32(12-10-18)38(34,35)15-19-3-4-20(26)14-23(19)27/h3-8,13-14,18H,9-12,15H2,1-2H3,(H,30,33)(H,28,29,31). The predicted molar refractivity (Wildman–Crippen MR) is 151 cm³/mol. The number of carbonyl (C=O) groups is 1. The monoisotopic (exact) mass is 611 g/mol. The van der Waals surface area contributed by atoms with Crippen LogP contribution in [0.25, 0.3) is 0 Å². The smallest absolute Gasteiger partial charge is 0.264 e. The fourth-order valence-electron chi connectivity index (χ4n) is 4.24. The third-order valence-electron chi connectivity index (χ3n) is 6.21. The fraction of sp³-hybridized carbons (Fsp3) is 0.320. The van der Waals surface area contributed by atoms with Crippen molar-refractivity contribution in [1.82, 2.24) is 14.3 Å². The maximum absolute atomic E-state index is 12.9. The van der Waals surface area contributed by atoms with Crippen LogP contribution in [0.1, 0.15) is 29.8 Å². The summed E-state index contributed by atoms with van der Waals surface area (Å²) in [5.74, 6) is -0.915. The van der Waals surface area contributed by atoms with E-state index in [4.69, 9.17) is 23.2 Å². The van der Waals surface area contributed by atoms with Gasteiger partial charge in [-0.15, -0.1) is 0 Å². The van der Waals surface area contributed by atoms with E-state index in [9.17, 15) is 21.6 Å². The Kier molecular flexibility index (Phi) is 8.82. The second kappa shape index (κ2) is 11.8. The van der Waals surface area contributed by atoms with Crippen LogP contribution in [0.3, 0.4) is 0 Å². The molecule has 0 bridgehead atoms. The van der Waals surface area contributed by atoms with Gasteiger partial charge in [-0.25, -0.2) is 35.8 Å². The van der Waals surface area contributed by atoms with Gasteiger partial charge in [0.2, 0.25) is 21.9 Å². The molecule has 1 aromatic heterocycles. The van der Waals surface area contributed by atoms with Gasteiger partial charge in [-0.1, -0.05) is 29.3 Å². The summed E-state index contributed by atoms with van der Waals surface area (Å²) in [6, 6.07) is 12.1. The minimum atomic E-state index is -3.93. The minimum absolute atomic E-state index is 0.0115. The summed E-state index contributed by atoms with van der Waals surface area (Å²) in [7, 11) is -7.55. The summed E-state index contributed by atoms with van der Waals surface area (Å²) in [6.45, 7) is 3.89. The zero-order chi connectivity index (χ0) is 28.4. The van der Waals surface area contributed by atoms with Crippen LogP contribution in [0, 0.1) is 19.8 Å². The average Bonchev–Trinajstić information content (AvgIpc) is 2.85. The SMILES string of the molecule is Cc1cc(C)nc(NS(=O)(=O)c2ccc(NC(=O)C3CCN(S(=O)(=O)Cc4ccc(Cl)cc4Cl)CC3)cc2)n1. The summed E-state index contributed by atoms with van der Waals surface area (Å²) in [5.41, 5.74) is 2.15. The minimum Gasteiger partial charge on any atom is -0.326 e. The number of nitrogens with zero attached hydrogens (tertiary/aromatic N) is 3. The summed E-state index contributed by atoms with van der Waals surface area (Å²) >= 11 is 12.0. The lowest BCUT2D eigenvalue weighted by molar-refractivity contribution is -0.120. The summed E-state index contributed by atoms with van der Waals surface area (Å²) < 4.78 is 55.0. The van der Waals surface area contributed by atoms with E-state index in [1.807, 2.05) is 0 Å². The van der Waals surface area contributed by atoms with E-state index in [0.717, 1.165) is 0 Å². The molecule has 0 saturated carbocycles. The van der Waals surface area contributed by atoms with Crippen molar-refractivity contribution in [3.63, 3.8) is 0 Å². The zero-order valence-electron chi connectivity index (χ0n) is 21.2. The Hall–Kier alpha value is -2.77. The first-order valence-corrected chi connectivity index (χ1v) is 15.8. The van der Waals surface area contributed by atoms with Crippen molar-refractivity contribution < 1.29 is 21.6 Å². The van der Waals surface area contributed by atoms with Gasteiger partial charge in [0.25, 0.3) is 10.0 Å². The van der Waals surface area contributed by atoms with E-state index in [2.05, 4.69) is 20.0 Å². The molecule has 0 unspecified atom stereocenters. The van der Waals surface area contributed by atoms with Gasteiger partial charge in [-0.2, -0.15) is 0 Å². The van der Waals surface area contributed by atoms with Gasteiger partial charge in [0.15, 0.2) is 0 Å². The molecule has 2 heterocycles. The summed E-state index contributed by atoms with van der Waals surface area (Å²) in [5, 5.41) is 3.49. The molecule has 1 amide bonds. The van der Waals surface area contributed by atoms with Gasteiger partial charge < -0.3 is 5.32 Å². The molecule has 3 aromatic rings. The van der Waals surface area contributed by atoms with Gasteiger partial charge in [-0.3, -0.25) is 4.79 Å². The fourth-order valence-corrected chi connectivity index (χ4v) is 7.33. The molecular weight excluding hydrogens is 585 g/mol. The number of hydrogen-bond acceptors (Lipinski definition) is 7. The number of aryl methyl sites for hydroxylation is 2. The van der Waals surface area contributed by atoms with Crippen molar-refractivity contribution in [2.24, 2.45) is 5.92 Å². The number of benzene rings is 2. The number of rotatable bonds is 8. The van der Waals surface area contributed by atoms with Crippen LogP contribution in [0.2, 0.25) is 10.0 Å². The van der Waals surface area contributed by atoms with Crippen LogP contribution in [0.15, 0.2) is 53.4 Å². The highest BCUT2D eigenvalue weighted by molar-refractivity contribution is 7.92. The number of anilines is 2. The van der Waals surface area contributed by atoms with Gasteiger partial charge in [0.05, 0.1) is 10.6 Å².